The van der Waals surface area contributed by atoms with Gasteiger partial charge in [-0.15, -0.1) is 0 Å². The van der Waals surface area contributed by atoms with Crippen molar-refractivity contribution in [1.82, 2.24) is 14.7 Å². The second-order valence-electron chi connectivity index (χ2n) is 5.02. The molecule has 2 atom stereocenters. The van der Waals surface area contributed by atoms with Crippen molar-refractivity contribution in [3.8, 4) is 0 Å². The SMILES string of the molecule is CC1CCCC(C)N1C(=O)c1ccc(=O)n(C)n1. The quantitative estimate of drug-likeness (QED) is 0.751. The van der Waals surface area contributed by atoms with E-state index in [-0.39, 0.29) is 23.6 Å². The van der Waals surface area contributed by atoms with Crippen LogP contribution in [0.3, 0.4) is 0 Å². The second kappa shape index (κ2) is 4.92. The maximum Gasteiger partial charge on any atom is 0.274 e. The molecule has 2 heterocycles. The predicted molar refractivity (Wildman–Crippen MR) is 68.4 cm³/mol. The summed E-state index contributed by atoms with van der Waals surface area (Å²) in [5.74, 6) is -0.0784. The fourth-order valence-corrected chi connectivity index (χ4v) is 2.57. The Bertz CT molecular complexity index is 499. The Balaban J connectivity index is 2.29. The smallest absolute Gasteiger partial charge is 0.274 e. The van der Waals surface area contributed by atoms with Crippen LogP contribution in [-0.2, 0) is 7.05 Å². The van der Waals surface area contributed by atoms with Crippen molar-refractivity contribution in [3.63, 3.8) is 0 Å². The highest BCUT2D eigenvalue weighted by Crippen LogP contribution is 2.23. The molecule has 0 spiro atoms. The van der Waals surface area contributed by atoms with Crippen LogP contribution < -0.4 is 5.56 Å². The van der Waals surface area contributed by atoms with Crippen LogP contribution in [0.25, 0.3) is 0 Å². The van der Waals surface area contributed by atoms with E-state index < -0.39 is 0 Å². The summed E-state index contributed by atoms with van der Waals surface area (Å²) < 4.78 is 1.20. The second-order valence-corrected chi connectivity index (χ2v) is 5.02. The summed E-state index contributed by atoms with van der Waals surface area (Å²) in [6, 6.07) is 3.37. The molecule has 0 saturated carbocycles. The van der Waals surface area contributed by atoms with Gasteiger partial charge in [-0.3, -0.25) is 9.59 Å². The molecular formula is C13H19N3O2. The Morgan fingerprint density at radius 3 is 2.44 bits per heavy atom. The van der Waals surface area contributed by atoms with Gasteiger partial charge in [-0.25, -0.2) is 4.68 Å². The lowest BCUT2D eigenvalue weighted by atomic mass is 9.97. The van der Waals surface area contributed by atoms with Gasteiger partial charge in [-0.05, 0) is 39.2 Å². The Morgan fingerprint density at radius 2 is 1.89 bits per heavy atom. The molecule has 98 valence electrons. The molecule has 0 bridgehead atoms. The summed E-state index contributed by atoms with van der Waals surface area (Å²) in [4.78, 5) is 25.6. The molecule has 1 aromatic heterocycles. The Labute approximate surface area is 106 Å². The first-order valence-electron chi connectivity index (χ1n) is 6.37. The molecule has 1 aromatic rings. The third kappa shape index (κ3) is 2.30. The van der Waals surface area contributed by atoms with Gasteiger partial charge in [0.05, 0.1) is 0 Å². The van der Waals surface area contributed by atoms with Crippen LogP contribution in [0, 0.1) is 0 Å². The number of aromatic nitrogens is 2. The fourth-order valence-electron chi connectivity index (χ4n) is 2.57. The number of carbonyl (C=O) groups is 1. The normalized spacial score (nSPS) is 24.1. The van der Waals surface area contributed by atoms with Gasteiger partial charge < -0.3 is 4.90 Å². The van der Waals surface area contributed by atoms with Crippen molar-refractivity contribution in [1.29, 1.82) is 0 Å². The van der Waals surface area contributed by atoms with Gasteiger partial charge in [0.2, 0.25) is 0 Å². The molecule has 1 saturated heterocycles. The van der Waals surface area contributed by atoms with Crippen LogP contribution in [0.4, 0.5) is 0 Å². The molecule has 18 heavy (non-hydrogen) atoms. The first kappa shape index (κ1) is 12.8. The molecule has 0 N–H and O–H groups in total. The largest absolute Gasteiger partial charge is 0.332 e. The molecule has 5 heteroatoms. The highest BCUT2D eigenvalue weighted by atomic mass is 16.2. The van der Waals surface area contributed by atoms with Gasteiger partial charge in [0.25, 0.3) is 11.5 Å². The summed E-state index contributed by atoms with van der Waals surface area (Å²) in [6.07, 6.45) is 3.22. The number of carbonyl (C=O) groups excluding carboxylic acids is 1. The van der Waals surface area contributed by atoms with Crippen molar-refractivity contribution in [3.05, 3.63) is 28.2 Å². The van der Waals surface area contributed by atoms with E-state index in [1.807, 2.05) is 4.90 Å². The number of likely N-dealkylation sites (tertiary alicyclic amines) is 1. The van der Waals surface area contributed by atoms with E-state index in [0.29, 0.717) is 5.69 Å². The minimum Gasteiger partial charge on any atom is -0.332 e. The zero-order valence-corrected chi connectivity index (χ0v) is 11.1. The third-order valence-corrected chi connectivity index (χ3v) is 3.61. The maximum absolute atomic E-state index is 12.4. The average Bonchev–Trinajstić information content (AvgIpc) is 2.32. The molecule has 0 aliphatic carbocycles. The van der Waals surface area contributed by atoms with Crippen LogP contribution >= 0.6 is 0 Å². The third-order valence-electron chi connectivity index (χ3n) is 3.61. The van der Waals surface area contributed by atoms with E-state index in [9.17, 15) is 9.59 Å². The van der Waals surface area contributed by atoms with Gasteiger partial charge in [0.15, 0.2) is 0 Å². The lowest BCUT2D eigenvalue weighted by Gasteiger charge is -2.38. The van der Waals surface area contributed by atoms with E-state index >= 15 is 0 Å². The number of nitrogens with zero attached hydrogens (tertiary/aromatic N) is 3. The number of rotatable bonds is 1. The summed E-state index contributed by atoms with van der Waals surface area (Å²) in [6.45, 7) is 4.13. The lowest BCUT2D eigenvalue weighted by molar-refractivity contribution is 0.0502. The van der Waals surface area contributed by atoms with E-state index in [1.165, 1.54) is 16.8 Å². The zero-order valence-electron chi connectivity index (χ0n) is 11.1. The number of hydrogen-bond acceptors (Lipinski definition) is 3. The van der Waals surface area contributed by atoms with E-state index in [1.54, 1.807) is 7.05 Å². The van der Waals surface area contributed by atoms with Gasteiger partial charge in [0, 0.05) is 25.2 Å². The molecule has 2 rings (SSSR count). The van der Waals surface area contributed by atoms with Crippen LogP contribution in [0.1, 0.15) is 43.6 Å². The average molecular weight is 249 g/mol. The highest BCUT2D eigenvalue weighted by Gasteiger charge is 2.30. The molecular weight excluding hydrogens is 230 g/mol. The first-order chi connectivity index (χ1) is 8.50. The van der Waals surface area contributed by atoms with Crippen molar-refractivity contribution < 1.29 is 4.79 Å². The summed E-state index contributed by atoms with van der Waals surface area (Å²) in [5, 5.41) is 4.03. The molecule has 0 radical (unpaired) electrons. The van der Waals surface area contributed by atoms with Gasteiger partial charge in [-0.2, -0.15) is 5.10 Å². The lowest BCUT2D eigenvalue weighted by Crippen LogP contribution is -2.48. The number of aryl methyl sites for hydroxylation is 1. The zero-order chi connectivity index (χ0) is 13.3. The van der Waals surface area contributed by atoms with Crippen molar-refractivity contribution in [2.24, 2.45) is 7.05 Å². The van der Waals surface area contributed by atoms with Crippen molar-refractivity contribution in [2.75, 3.05) is 0 Å². The number of amides is 1. The Hall–Kier alpha value is -1.65. The van der Waals surface area contributed by atoms with Crippen LogP contribution in [-0.4, -0.2) is 32.7 Å². The number of piperidine rings is 1. The molecule has 1 fully saturated rings. The van der Waals surface area contributed by atoms with Gasteiger partial charge in [0.1, 0.15) is 5.69 Å². The van der Waals surface area contributed by atoms with E-state index in [2.05, 4.69) is 18.9 Å². The fraction of sp³-hybridized carbons (Fsp3) is 0.615. The highest BCUT2D eigenvalue weighted by molar-refractivity contribution is 5.92. The van der Waals surface area contributed by atoms with Crippen LogP contribution in [0.5, 0.6) is 0 Å². The molecule has 1 aliphatic rings. The van der Waals surface area contributed by atoms with Crippen molar-refractivity contribution >= 4 is 5.91 Å². The Kier molecular flexibility index (Phi) is 3.50. The summed E-state index contributed by atoms with van der Waals surface area (Å²) in [5.41, 5.74) is 0.143. The molecule has 5 nitrogen and oxygen atoms in total. The predicted octanol–water partition coefficient (Wildman–Crippen LogP) is 1.18. The number of hydrogen-bond donors (Lipinski definition) is 0. The first-order valence-corrected chi connectivity index (χ1v) is 6.37. The summed E-state index contributed by atoms with van der Waals surface area (Å²) in [7, 11) is 1.56. The van der Waals surface area contributed by atoms with Gasteiger partial charge >= 0.3 is 0 Å². The van der Waals surface area contributed by atoms with E-state index in [4.69, 9.17) is 0 Å². The molecule has 1 aliphatic heterocycles. The van der Waals surface area contributed by atoms with Crippen LogP contribution in [0.15, 0.2) is 16.9 Å². The maximum atomic E-state index is 12.4. The Morgan fingerprint density at radius 1 is 1.28 bits per heavy atom. The monoisotopic (exact) mass is 249 g/mol. The van der Waals surface area contributed by atoms with Crippen molar-refractivity contribution in [2.45, 2.75) is 45.2 Å². The topological polar surface area (TPSA) is 55.2 Å². The summed E-state index contributed by atoms with van der Waals surface area (Å²) >= 11 is 0. The minimum atomic E-state index is -0.203. The standard InChI is InChI=1S/C13H19N3O2/c1-9-5-4-6-10(2)16(9)13(18)11-7-8-12(17)15(3)14-11/h7-10H,4-6H2,1-3H3. The molecule has 0 aromatic carbocycles. The van der Waals surface area contributed by atoms with E-state index in [0.717, 1.165) is 19.3 Å². The molecule has 1 amide bonds. The van der Waals surface area contributed by atoms with Crippen LogP contribution in [0.2, 0.25) is 0 Å². The minimum absolute atomic E-state index is 0.0784. The molecule has 2 unspecified atom stereocenters. The van der Waals surface area contributed by atoms with Gasteiger partial charge in [-0.1, -0.05) is 0 Å².